The summed E-state index contributed by atoms with van der Waals surface area (Å²) in [5.74, 6) is 0.0163. The van der Waals surface area contributed by atoms with Gasteiger partial charge in [-0.2, -0.15) is 13.2 Å². The van der Waals surface area contributed by atoms with Gasteiger partial charge in [0.2, 0.25) is 5.91 Å². The van der Waals surface area contributed by atoms with Crippen molar-refractivity contribution in [2.24, 2.45) is 11.8 Å². The number of ether oxygens (including phenoxy) is 1. The Morgan fingerprint density at radius 2 is 2.06 bits per heavy atom. The number of anilines is 1. The summed E-state index contributed by atoms with van der Waals surface area (Å²) in [6.07, 6.45) is 5.54. The maximum Gasteiger partial charge on any atom is 0.416 e. The molecule has 1 aliphatic carbocycles. The molecule has 2 aliphatic heterocycles. The number of hydrogen-bond acceptors (Lipinski definition) is 4. The van der Waals surface area contributed by atoms with E-state index in [-0.39, 0.29) is 23.8 Å². The lowest BCUT2D eigenvalue weighted by atomic mass is 9.73. The Kier molecular flexibility index (Phi) is 6.90. The lowest BCUT2D eigenvalue weighted by molar-refractivity contribution is -0.150. The molecule has 174 valence electrons. The summed E-state index contributed by atoms with van der Waals surface area (Å²) >= 11 is 0. The lowest BCUT2D eigenvalue weighted by Gasteiger charge is -2.47. The molecule has 0 radical (unpaired) electrons. The molecule has 1 fully saturated rings. The molecule has 2 heterocycles. The summed E-state index contributed by atoms with van der Waals surface area (Å²) in [5.41, 5.74) is 0.448. The highest BCUT2D eigenvalue weighted by Gasteiger charge is 2.46. The topological polar surface area (TPSA) is 62.4 Å². The van der Waals surface area contributed by atoms with Gasteiger partial charge < -0.3 is 20.7 Å². The molecular formula is C24H30F3N3O2. The number of hydrogen-bond donors (Lipinski definition) is 3. The number of nitrogens with one attached hydrogen (secondary N) is 3. The molecule has 1 saturated heterocycles. The van der Waals surface area contributed by atoms with Crippen molar-refractivity contribution in [3.05, 3.63) is 53.6 Å². The van der Waals surface area contributed by atoms with Crippen LogP contribution in [0.25, 0.3) is 0 Å². The van der Waals surface area contributed by atoms with Gasteiger partial charge in [0, 0.05) is 35.7 Å². The molecule has 0 spiro atoms. The second-order valence-corrected chi connectivity index (χ2v) is 8.72. The van der Waals surface area contributed by atoms with Crippen molar-refractivity contribution in [2.45, 2.75) is 50.1 Å². The predicted octanol–water partition coefficient (Wildman–Crippen LogP) is 4.19. The van der Waals surface area contributed by atoms with Gasteiger partial charge in [0.15, 0.2) is 0 Å². The molecule has 1 aromatic rings. The van der Waals surface area contributed by atoms with Crippen LogP contribution in [-0.2, 0) is 15.7 Å². The quantitative estimate of drug-likeness (QED) is 0.570. The van der Waals surface area contributed by atoms with E-state index in [0.29, 0.717) is 30.6 Å². The van der Waals surface area contributed by atoms with E-state index in [1.165, 1.54) is 12.1 Å². The first kappa shape index (κ1) is 22.9. The number of allylic oxidation sites excluding steroid dienone is 3. The summed E-state index contributed by atoms with van der Waals surface area (Å²) in [7, 11) is 1.85. The standard InChI is InChI=1S/C24H30F3N3O2/c1-28-12-5-13-29-23(31)20-11-9-17-21(15-6-3-2-4-7-15)30-19-10-8-16(24(25,26)27)14-18(19)22(17)32-20/h2-4,6,8,10,14-15,17,20-22,28,30H,5,7,9,11-13H2,1H3,(H,29,31)/t15?,17-,20?,21-,22-/m0/s1. The highest BCUT2D eigenvalue weighted by Crippen LogP contribution is 2.49. The molecule has 5 nitrogen and oxygen atoms in total. The van der Waals surface area contributed by atoms with Gasteiger partial charge in [0.1, 0.15) is 6.10 Å². The van der Waals surface area contributed by atoms with E-state index in [9.17, 15) is 18.0 Å². The average Bonchev–Trinajstić information content (AvgIpc) is 2.80. The largest absolute Gasteiger partial charge is 0.416 e. The summed E-state index contributed by atoms with van der Waals surface area (Å²) in [5, 5.41) is 9.42. The van der Waals surface area contributed by atoms with Crippen LogP contribution in [0.2, 0.25) is 0 Å². The van der Waals surface area contributed by atoms with Crippen LogP contribution in [0.1, 0.15) is 42.9 Å². The summed E-state index contributed by atoms with van der Waals surface area (Å²) in [6.45, 7) is 1.33. The van der Waals surface area contributed by atoms with Gasteiger partial charge in [0.25, 0.3) is 0 Å². The summed E-state index contributed by atoms with van der Waals surface area (Å²) in [4.78, 5) is 12.7. The SMILES string of the molecule is CNCCCNC(=O)C1CC[C@@H]2[C@H](O1)c1cc(C(F)(F)F)ccc1N[C@H]2C1C=CC=CC1. The Bertz CT molecular complexity index is 884. The Morgan fingerprint density at radius 1 is 1.22 bits per heavy atom. The summed E-state index contributed by atoms with van der Waals surface area (Å²) in [6, 6.07) is 3.81. The normalized spacial score (nSPS) is 29.1. The lowest BCUT2D eigenvalue weighted by Crippen LogP contribution is -2.49. The van der Waals surface area contributed by atoms with Crippen molar-refractivity contribution in [3.8, 4) is 0 Å². The van der Waals surface area contributed by atoms with Gasteiger partial charge in [0.05, 0.1) is 11.7 Å². The minimum Gasteiger partial charge on any atom is -0.381 e. The Morgan fingerprint density at radius 3 is 2.78 bits per heavy atom. The van der Waals surface area contributed by atoms with Crippen LogP contribution in [0.4, 0.5) is 18.9 Å². The van der Waals surface area contributed by atoms with Crippen LogP contribution in [0.3, 0.4) is 0 Å². The minimum atomic E-state index is -4.43. The second kappa shape index (κ2) is 9.67. The minimum absolute atomic E-state index is 0.0134. The Balaban J connectivity index is 1.59. The smallest absolute Gasteiger partial charge is 0.381 e. The van der Waals surface area contributed by atoms with Gasteiger partial charge in [-0.05, 0) is 57.5 Å². The number of carbonyl (C=O) groups is 1. The van der Waals surface area contributed by atoms with Gasteiger partial charge in [-0.15, -0.1) is 0 Å². The zero-order chi connectivity index (χ0) is 22.7. The van der Waals surface area contributed by atoms with Crippen molar-refractivity contribution in [3.63, 3.8) is 0 Å². The third-order valence-electron chi connectivity index (χ3n) is 6.60. The van der Waals surface area contributed by atoms with E-state index < -0.39 is 23.9 Å². The van der Waals surface area contributed by atoms with Gasteiger partial charge in [-0.1, -0.05) is 24.3 Å². The fraction of sp³-hybridized carbons (Fsp3) is 0.542. The predicted molar refractivity (Wildman–Crippen MR) is 117 cm³/mol. The summed E-state index contributed by atoms with van der Waals surface area (Å²) < 4.78 is 46.5. The molecule has 32 heavy (non-hydrogen) atoms. The van der Waals surface area contributed by atoms with E-state index >= 15 is 0 Å². The molecule has 3 N–H and O–H groups in total. The van der Waals surface area contributed by atoms with E-state index in [4.69, 9.17) is 4.74 Å². The molecule has 5 atom stereocenters. The van der Waals surface area contributed by atoms with Crippen LogP contribution >= 0.6 is 0 Å². The zero-order valence-electron chi connectivity index (χ0n) is 18.1. The Labute approximate surface area is 186 Å². The Hall–Kier alpha value is -2.32. The van der Waals surface area contributed by atoms with E-state index in [0.717, 1.165) is 25.5 Å². The first-order valence-electron chi connectivity index (χ1n) is 11.3. The van der Waals surface area contributed by atoms with Crippen LogP contribution in [-0.4, -0.2) is 38.2 Å². The average molecular weight is 450 g/mol. The third kappa shape index (κ3) is 4.86. The number of rotatable bonds is 6. The third-order valence-corrected chi connectivity index (χ3v) is 6.60. The van der Waals surface area contributed by atoms with Crippen LogP contribution in [0.15, 0.2) is 42.5 Å². The van der Waals surface area contributed by atoms with Crippen LogP contribution in [0, 0.1) is 11.8 Å². The molecule has 0 aromatic heterocycles. The number of alkyl halides is 3. The molecule has 1 amide bonds. The van der Waals surface area contributed by atoms with E-state index in [2.05, 4.69) is 28.1 Å². The van der Waals surface area contributed by atoms with Gasteiger partial charge >= 0.3 is 6.18 Å². The number of benzene rings is 1. The molecule has 2 unspecified atom stereocenters. The molecule has 3 aliphatic rings. The molecule has 0 bridgehead atoms. The van der Waals surface area contributed by atoms with Gasteiger partial charge in [-0.3, -0.25) is 4.79 Å². The van der Waals surface area contributed by atoms with Crippen LogP contribution in [0.5, 0.6) is 0 Å². The number of amides is 1. The molecule has 0 saturated carbocycles. The fourth-order valence-electron chi connectivity index (χ4n) is 4.98. The molecule has 4 rings (SSSR count). The molecular weight excluding hydrogens is 419 g/mol. The second-order valence-electron chi connectivity index (χ2n) is 8.72. The first-order chi connectivity index (χ1) is 15.4. The van der Waals surface area contributed by atoms with Crippen molar-refractivity contribution in [1.82, 2.24) is 10.6 Å². The van der Waals surface area contributed by atoms with Gasteiger partial charge in [-0.25, -0.2) is 0 Å². The highest BCUT2D eigenvalue weighted by atomic mass is 19.4. The van der Waals surface area contributed by atoms with E-state index in [1.807, 2.05) is 19.2 Å². The monoisotopic (exact) mass is 449 g/mol. The number of halogens is 3. The number of fused-ring (bicyclic) bond motifs is 3. The van der Waals surface area contributed by atoms with Crippen molar-refractivity contribution < 1.29 is 22.7 Å². The highest BCUT2D eigenvalue weighted by molar-refractivity contribution is 5.81. The van der Waals surface area contributed by atoms with Crippen molar-refractivity contribution in [2.75, 3.05) is 25.5 Å². The maximum atomic E-state index is 13.4. The fourth-order valence-corrected chi connectivity index (χ4v) is 4.98. The maximum absolute atomic E-state index is 13.4. The van der Waals surface area contributed by atoms with E-state index in [1.54, 1.807) is 0 Å². The van der Waals surface area contributed by atoms with Crippen molar-refractivity contribution >= 4 is 11.6 Å². The molecule has 8 heteroatoms. The first-order valence-corrected chi connectivity index (χ1v) is 11.3. The molecule has 1 aromatic carbocycles. The number of carbonyl (C=O) groups excluding carboxylic acids is 1. The zero-order valence-corrected chi connectivity index (χ0v) is 18.1. The van der Waals surface area contributed by atoms with Crippen molar-refractivity contribution in [1.29, 1.82) is 0 Å². The van der Waals surface area contributed by atoms with Crippen LogP contribution < -0.4 is 16.0 Å².